The molecule has 0 aliphatic heterocycles. The van der Waals surface area contributed by atoms with Crippen molar-refractivity contribution >= 4 is 45.6 Å². The van der Waals surface area contributed by atoms with Crippen LogP contribution in [0.2, 0.25) is 10.0 Å². The van der Waals surface area contributed by atoms with E-state index in [2.05, 4.69) is 10.3 Å². The number of carbonyl (C=O) groups is 1. The van der Waals surface area contributed by atoms with E-state index in [0.717, 1.165) is 28.4 Å². The number of furan rings is 1. The Bertz CT molecular complexity index is 884. The van der Waals surface area contributed by atoms with E-state index in [4.69, 9.17) is 27.6 Å². The van der Waals surface area contributed by atoms with Crippen molar-refractivity contribution in [2.75, 3.05) is 5.32 Å². The first-order valence-electron chi connectivity index (χ1n) is 8.30. The lowest BCUT2D eigenvalue weighted by Gasteiger charge is -2.04. The Hall–Kier alpha value is -1.82. The number of halogens is 2. The van der Waals surface area contributed by atoms with Gasteiger partial charge in [0.15, 0.2) is 5.13 Å². The van der Waals surface area contributed by atoms with E-state index >= 15 is 0 Å². The van der Waals surface area contributed by atoms with E-state index in [1.165, 1.54) is 11.3 Å². The van der Waals surface area contributed by atoms with Crippen molar-refractivity contribution < 1.29 is 9.21 Å². The SMILES string of the molecule is CCc1ccc(CCC(=O)Nc2ncc(Cc3c(Cl)cccc3Cl)s2)o1. The molecule has 0 saturated heterocycles. The third-order valence-electron chi connectivity index (χ3n) is 3.88. The van der Waals surface area contributed by atoms with Gasteiger partial charge in [0.2, 0.25) is 5.91 Å². The smallest absolute Gasteiger partial charge is 0.226 e. The van der Waals surface area contributed by atoms with E-state index in [1.807, 2.05) is 37.3 Å². The molecule has 0 aliphatic carbocycles. The predicted molar refractivity (Wildman–Crippen MR) is 106 cm³/mol. The Kier molecular flexibility index (Phi) is 6.35. The molecule has 2 heterocycles. The molecule has 1 aromatic carbocycles. The summed E-state index contributed by atoms with van der Waals surface area (Å²) in [6.45, 7) is 2.03. The van der Waals surface area contributed by atoms with Crippen LogP contribution < -0.4 is 5.32 Å². The van der Waals surface area contributed by atoms with E-state index in [0.29, 0.717) is 34.4 Å². The molecule has 0 bridgehead atoms. The van der Waals surface area contributed by atoms with Gasteiger partial charge in [-0.3, -0.25) is 4.79 Å². The number of thiazole rings is 1. The van der Waals surface area contributed by atoms with Gasteiger partial charge in [0.25, 0.3) is 0 Å². The van der Waals surface area contributed by atoms with Crippen LogP contribution in [0.4, 0.5) is 5.13 Å². The van der Waals surface area contributed by atoms with Crippen LogP contribution in [0.1, 0.15) is 35.3 Å². The second-order valence-corrected chi connectivity index (χ2v) is 7.71. The van der Waals surface area contributed by atoms with E-state index < -0.39 is 0 Å². The molecule has 0 unspecified atom stereocenters. The minimum absolute atomic E-state index is 0.0869. The Morgan fingerprint density at radius 2 is 1.92 bits per heavy atom. The molecule has 0 atom stereocenters. The lowest BCUT2D eigenvalue weighted by molar-refractivity contribution is -0.116. The molecule has 0 saturated carbocycles. The molecule has 0 fully saturated rings. The topological polar surface area (TPSA) is 55.1 Å². The van der Waals surface area contributed by atoms with Gasteiger partial charge >= 0.3 is 0 Å². The highest BCUT2D eigenvalue weighted by Gasteiger charge is 2.11. The zero-order valence-electron chi connectivity index (χ0n) is 14.2. The summed E-state index contributed by atoms with van der Waals surface area (Å²) in [5.41, 5.74) is 0.863. The Morgan fingerprint density at radius 1 is 1.19 bits per heavy atom. The average Bonchev–Trinajstić information content (AvgIpc) is 3.25. The van der Waals surface area contributed by atoms with Gasteiger partial charge < -0.3 is 9.73 Å². The number of amides is 1. The van der Waals surface area contributed by atoms with Crippen LogP contribution in [0.25, 0.3) is 0 Å². The van der Waals surface area contributed by atoms with Crippen molar-refractivity contribution in [2.24, 2.45) is 0 Å². The van der Waals surface area contributed by atoms with Gasteiger partial charge in [-0.15, -0.1) is 11.3 Å². The van der Waals surface area contributed by atoms with Crippen LogP contribution in [0.5, 0.6) is 0 Å². The number of benzene rings is 1. The summed E-state index contributed by atoms with van der Waals surface area (Å²) in [5, 5.41) is 4.65. The number of aryl methyl sites for hydroxylation is 2. The van der Waals surface area contributed by atoms with Crippen molar-refractivity contribution in [3.8, 4) is 0 Å². The summed E-state index contributed by atoms with van der Waals surface area (Å²) in [6, 6.07) is 9.30. The van der Waals surface area contributed by atoms with E-state index in [9.17, 15) is 4.79 Å². The number of nitrogens with zero attached hydrogens (tertiary/aromatic N) is 1. The molecular formula is C19H18Cl2N2O2S. The van der Waals surface area contributed by atoms with Gasteiger partial charge in [-0.1, -0.05) is 36.2 Å². The molecule has 3 aromatic rings. The van der Waals surface area contributed by atoms with Gasteiger partial charge in [0.05, 0.1) is 0 Å². The van der Waals surface area contributed by atoms with E-state index in [1.54, 1.807) is 6.20 Å². The number of carbonyl (C=O) groups excluding carboxylic acids is 1. The predicted octanol–water partition coefficient (Wildman–Crippen LogP) is 5.77. The van der Waals surface area contributed by atoms with Crippen LogP contribution in [0.15, 0.2) is 40.9 Å². The highest BCUT2D eigenvalue weighted by Crippen LogP contribution is 2.29. The number of nitrogens with one attached hydrogen (secondary N) is 1. The van der Waals surface area contributed by atoms with Crippen molar-refractivity contribution in [1.29, 1.82) is 0 Å². The van der Waals surface area contributed by atoms with Crippen LogP contribution in [0, 0.1) is 0 Å². The molecule has 0 aliphatic rings. The Balaban J connectivity index is 1.55. The number of hydrogen-bond donors (Lipinski definition) is 1. The molecule has 26 heavy (non-hydrogen) atoms. The summed E-state index contributed by atoms with van der Waals surface area (Å²) in [4.78, 5) is 17.4. The third-order valence-corrected chi connectivity index (χ3v) is 5.50. The maximum absolute atomic E-state index is 12.1. The highest BCUT2D eigenvalue weighted by molar-refractivity contribution is 7.15. The van der Waals surface area contributed by atoms with Gasteiger partial charge in [0.1, 0.15) is 11.5 Å². The van der Waals surface area contributed by atoms with Crippen LogP contribution in [-0.4, -0.2) is 10.9 Å². The molecule has 2 aromatic heterocycles. The summed E-state index contributed by atoms with van der Waals surface area (Å²) >= 11 is 13.8. The fourth-order valence-electron chi connectivity index (χ4n) is 2.49. The molecule has 0 spiro atoms. The minimum atomic E-state index is -0.0869. The first kappa shape index (κ1) is 19.0. The first-order valence-corrected chi connectivity index (χ1v) is 9.87. The molecule has 7 heteroatoms. The van der Waals surface area contributed by atoms with Crippen LogP contribution in [0.3, 0.4) is 0 Å². The normalized spacial score (nSPS) is 10.9. The number of aromatic nitrogens is 1. The number of rotatable bonds is 7. The van der Waals surface area contributed by atoms with Gasteiger partial charge in [-0.2, -0.15) is 0 Å². The molecule has 1 amide bonds. The third kappa shape index (κ3) is 4.87. The van der Waals surface area contributed by atoms with Gasteiger partial charge in [-0.05, 0) is 29.8 Å². The highest BCUT2D eigenvalue weighted by atomic mass is 35.5. The Morgan fingerprint density at radius 3 is 2.62 bits per heavy atom. The lowest BCUT2D eigenvalue weighted by atomic mass is 10.1. The molecule has 136 valence electrons. The van der Waals surface area contributed by atoms with E-state index in [-0.39, 0.29) is 5.91 Å². The van der Waals surface area contributed by atoms with Gasteiger partial charge in [0, 0.05) is 46.8 Å². The summed E-state index contributed by atoms with van der Waals surface area (Å²) in [5.74, 6) is 1.67. The summed E-state index contributed by atoms with van der Waals surface area (Å²) in [6.07, 6.45) is 4.09. The lowest BCUT2D eigenvalue weighted by Crippen LogP contribution is -2.11. The van der Waals surface area contributed by atoms with Gasteiger partial charge in [-0.25, -0.2) is 4.98 Å². The zero-order chi connectivity index (χ0) is 18.5. The fourth-order valence-corrected chi connectivity index (χ4v) is 3.86. The van der Waals surface area contributed by atoms with Crippen molar-refractivity contribution in [3.05, 3.63) is 68.5 Å². The molecule has 4 nitrogen and oxygen atoms in total. The number of hydrogen-bond acceptors (Lipinski definition) is 4. The molecule has 1 N–H and O–H groups in total. The van der Waals surface area contributed by atoms with Crippen LogP contribution in [-0.2, 0) is 24.1 Å². The largest absolute Gasteiger partial charge is 0.466 e. The quantitative estimate of drug-likeness (QED) is 0.539. The molecular weight excluding hydrogens is 391 g/mol. The summed E-state index contributed by atoms with van der Waals surface area (Å²) in [7, 11) is 0. The average molecular weight is 409 g/mol. The zero-order valence-corrected chi connectivity index (χ0v) is 16.5. The number of anilines is 1. The first-order chi connectivity index (χ1) is 12.5. The molecule has 0 radical (unpaired) electrons. The van der Waals surface area contributed by atoms with Crippen molar-refractivity contribution in [3.63, 3.8) is 0 Å². The van der Waals surface area contributed by atoms with Crippen LogP contribution >= 0.6 is 34.5 Å². The minimum Gasteiger partial charge on any atom is -0.466 e. The Labute approximate surface area is 166 Å². The fraction of sp³-hybridized carbons (Fsp3) is 0.263. The summed E-state index contributed by atoms with van der Waals surface area (Å²) < 4.78 is 5.61. The maximum Gasteiger partial charge on any atom is 0.226 e. The monoisotopic (exact) mass is 408 g/mol. The van der Waals surface area contributed by atoms with Crippen molar-refractivity contribution in [1.82, 2.24) is 4.98 Å². The second kappa shape index (κ2) is 8.71. The second-order valence-electron chi connectivity index (χ2n) is 5.78. The standard InChI is InChI=1S/C19H18Cl2N2O2S/c1-2-12-6-7-13(25-12)8-9-18(24)23-19-22-11-14(26-19)10-15-16(20)4-3-5-17(15)21/h3-7,11H,2,8-10H2,1H3,(H,22,23,24). The van der Waals surface area contributed by atoms with Crippen molar-refractivity contribution in [2.45, 2.75) is 32.6 Å². The maximum atomic E-state index is 12.1. The molecule has 3 rings (SSSR count).